The van der Waals surface area contributed by atoms with Crippen molar-refractivity contribution in [3.63, 3.8) is 0 Å². The molecule has 0 aromatic heterocycles. The van der Waals surface area contributed by atoms with Crippen LogP contribution >= 0.6 is 17.9 Å². The molecule has 0 aromatic carbocycles. The van der Waals surface area contributed by atoms with Crippen LogP contribution in [-0.4, -0.2) is 20.8 Å². The molecule has 8 heavy (non-hydrogen) atoms. The van der Waals surface area contributed by atoms with Crippen LogP contribution in [0.5, 0.6) is 0 Å². The van der Waals surface area contributed by atoms with Gasteiger partial charge in [-0.15, -0.1) is 0 Å². The molecule has 0 unspecified atom stereocenters. The van der Waals surface area contributed by atoms with Crippen LogP contribution in [0.15, 0.2) is 12.7 Å². The molecule has 5 heteroatoms. The molecular weight excluding hydrogens is 150 g/mol. The van der Waals surface area contributed by atoms with Crippen molar-refractivity contribution in [1.29, 1.82) is 0 Å². The van der Waals surface area contributed by atoms with Crippen molar-refractivity contribution < 1.29 is 14.7 Å². The standard InChI is InChI=1S/C3H8ClO3P/c1-2-3-8(4,5,6)7/h2,5-7H,1,3H2. The van der Waals surface area contributed by atoms with Gasteiger partial charge in [-0.1, -0.05) is 0 Å². The average molecular weight is 159 g/mol. The summed E-state index contributed by atoms with van der Waals surface area (Å²) in [5, 5.41) is 0. The van der Waals surface area contributed by atoms with Crippen molar-refractivity contribution in [2.24, 2.45) is 0 Å². The minimum atomic E-state index is -4.75. The molecule has 0 fully saturated rings. The van der Waals surface area contributed by atoms with Gasteiger partial charge in [0.05, 0.1) is 0 Å². The first-order chi connectivity index (χ1) is 3.31. The van der Waals surface area contributed by atoms with Gasteiger partial charge in [-0.25, -0.2) is 0 Å². The molecule has 0 amide bonds. The molecule has 0 heterocycles. The van der Waals surface area contributed by atoms with E-state index in [9.17, 15) is 0 Å². The summed E-state index contributed by atoms with van der Waals surface area (Å²) in [6, 6.07) is 0. The first-order valence-corrected chi connectivity index (χ1v) is 5.09. The predicted molar refractivity (Wildman–Crippen MR) is 34.5 cm³/mol. The Morgan fingerprint density at radius 1 is 1.50 bits per heavy atom. The van der Waals surface area contributed by atoms with Crippen molar-refractivity contribution in [3.05, 3.63) is 12.7 Å². The van der Waals surface area contributed by atoms with Crippen LogP contribution in [0.1, 0.15) is 0 Å². The van der Waals surface area contributed by atoms with E-state index in [2.05, 4.69) is 6.58 Å². The van der Waals surface area contributed by atoms with Gasteiger partial charge in [0.1, 0.15) is 0 Å². The van der Waals surface area contributed by atoms with Gasteiger partial charge in [0.25, 0.3) is 0 Å². The second kappa shape index (κ2) is 1.94. The summed E-state index contributed by atoms with van der Waals surface area (Å²) in [6.07, 6.45) is 0.776. The molecule has 3 N–H and O–H groups in total. The number of allylic oxidation sites excluding steroid dienone is 1. The zero-order valence-corrected chi connectivity index (χ0v) is 5.81. The Balaban J connectivity index is 3.91. The third-order valence-corrected chi connectivity index (χ3v) is 1.74. The van der Waals surface area contributed by atoms with Crippen LogP contribution in [0.25, 0.3) is 0 Å². The second-order valence-electron chi connectivity index (χ2n) is 1.51. The summed E-state index contributed by atoms with van der Waals surface area (Å²) in [6.45, 7) is -1.59. The Hall–Kier alpha value is 0.340. The van der Waals surface area contributed by atoms with Crippen LogP contribution in [-0.2, 0) is 0 Å². The topological polar surface area (TPSA) is 60.7 Å². The van der Waals surface area contributed by atoms with Crippen molar-refractivity contribution in [2.45, 2.75) is 0 Å². The molecule has 0 aliphatic carbocycles. The van der Waals surface area contributed by atoms with Crippen molar-refractivity contribution >= 4 is 17.9 Å². The van der Waals surface area contributed by atoms with Gasteiger partial charge in [-0.3, -0.25) is 0 Å². The van der Waals surface area contributed by atoms with E-state index >= 15 is 0 Å². The van der Waals surface area contributed by atoms with Gasteiger partial charge in [-0.2, -0.15) is 0 Å². The molecule has 0 aliphatic heterocycles. The molecule has 0 saturated carbocycles. The Morgan fingerprint density at radius 2 is 1.88 bits per heavy atom. The number of rotatable bonds is 2. The monoisotopic (exact) mass is 158 g/mol. The van der Waals surface area contributed by atoms with E-state index in [1.165, 1.54) is 0 Å². The summed E-state index contributed by atoms with van der Waals surface area (Å²) in [7, 11) is 0. The first-order valence-electron chi connectivity index (χ1n) is 1.90. The van der Waals surface area contributed by atoms with E-state index in [0.717, 1.165) is 6.08 Å². The molecule has 0 bridgehead atoms. The number of hydrogen-bond donors (Lipinski definition) is 3. The number of halogens is 1. The van der Waals surface area contributed by atoms with Crippen LogP contribution in [0, 0.1) is 0 Å². The molecule has 0 aliphatic rings. The number of hydrogen-bond acceptors (Lipinski definition) is 3. The molecule has 0 atom stereocenters. The van der Waals surface area contributed by atoms with Gasteiger partial charge in [0, 0.05) is 0 Å². The van der Waals surface area contributed by atoms with Crippen LogP contribution in [0.2, 0.25) is 0 Å². The van der Waals surface area contributed by atoms with Gasteiger partial charge >= 0.3 is 51.4 Å². The maximum absolute atomic E-state index is 8.42. The maximum atomic E-state index is 8.42. The van der Waals surface area contributed by atoms with Crippen LogP contribution in [0.3, 0.4) is 0 Å². The van der Waals surface area contributed by atoms with Gasteiger partial charge in [0.15, 0.2) is 0 Å². The van der Waals surface area contributed by atoms with Gasteiger partial charge in [0.2, 0.25) is 0 Å². The fraction of sp³-hybridized carbons (Fsp3) is 0.333. The van der Waals surface area contributed by atoms with E-state index < -0.39 is 6.64 Å². The first kappa shape index (κ1) is 8.34. The fourth-order valence-electron chi connectivity index (χ4n) is 0.222. The zero-order chi connectivity index (χ0) is 6.86. The SMILES string of the molecule is C=CCP(O)(O)(O)Cl. The summed E-state index contributed by atoms with van der Waals surface area (Å²) in [4.78, 5) is 25.3. The van der Waals surface area contributed by atoms with Gasteiger partial charge < -0.3 is 0 Å². The molecule has 0 aromatic rings. The van der Waals surface area contributed by atoms with E-state index in [0.29, 0.717) is 0 Å². The van der Waals surface area contributed by atoms with Crippen molar-refractivity contribution in [2.75, 3.05) is 6.16 Å². The Morgan fingerprint density at radius 3 is 1.88 bits per heavy atom. The third-order valence-electron chi connectivity index (χ3n) is 0.443. The zero-order valence-electron chi connectivity index (χ0n) is 4.16. The molecule has 0 spiro atoms. The van der Waals surface area contributed by atoms with E-state index in [1.807, 2.05) is 0 Å². The van der Waals surface area contributed by atoms with E-state index in [4.69, 9.17) is 25.9 Å². The summed E-state index contributed by atoms with van der Waals surface area (Å²) >= 11 is 4.81. The Labute approximate surface area is 52.2 Å². The Bertz CT molecular complexity index is 95.6. The summed E-state index contributed by atoms with van der Waals surface area (Å²) in [5.41, 5.74) is 0. The molecule has 0 rings (SSSR count). The fourth-order valence-corrected chi connectivity index (χ4v) is 0.959. The van der Waals surface area contributed by atoms with Crippen LogP contribution in [0.4, 0.5) is 0 Å². The molecule has 3 nitrogen and oxygen atoms in total. The van der Waals surface area contributed by atoms with Gasteiger partial charge in [-0.05, 0) is 0 Å². The predicted octanol–water partition coefficient (Wildman–Crippen LogP) is 0.601. The van der Waals surface area contributed by atoms with Crippen molar-refractivity contribution in [1.82, 2.24) is 0 Å². The third kappa shape index (κ3) is 6.34. The normalized spacial score (nSPS) is 16.8. The Kier molecular flexibility index (Phi) is 2.02. The molecule has 0 saturated heterocycles. The van der Waals surface area contributed by atoms with E-state index in [1.54, 1.807) is 0 Å². The molecule has 50 valence electrons. The minimum absolute atomic E-state index is 0.368. The second-order valence-corrected chi connectivity index (χ2v) is 6.03. The van der Waals surface area contributed by atoms with Crippen LogP contribution < -0.4 is 0 Å². The molecule has 0 radical (unpaired) electrons. The quantitative estimate of drug-likeness (QED) is 0.408. The molecular formula is C3H8ClO3P. The van der Waals surface area contributed by atoms with Crippen molar-refractivity contribution in [3.8, 4) is 0 Å². The summed E-state index contributed by atoms with van der Waals surface area (Å²) < 4.78 is 0. The summed E-state index contributed by atoms with van der Waals surface area (Å²) in [5.74, 6) is 0. The average Bonchev–Trinajstić information content (AvgIpc) is 1.25. The van der Waals surface area contributed by atoms with E-state index in [-0.39, 0.29) is 6.16 Å².